The molecule has 0 bridgehead atoms. The average Bonchev–Trinajstić information content (AvgIpc) is 2.11. The Morgan fingerprint density at radius 2 is 1.92 bits per heavy atom. The van der Waals surface area contributed by atoms with Gasteiger partial charge in [-0.3, -0.25) is 0 Å². The van der Waals surface area contributed by atoms with Crippen LogP contribution in [0.1, 0.15) is 27.2 Å². The average molecular weight is 188 g/mol. The minimum absolute atomic E-state index is 0.228. The molecule has 0 fully saturated rings. The van der Waals surface area contributed by atoms with E-state index < -0.39 is 0 Å². The van der Waals surface area contributed by atoms with Gasteiger partial charge in [0.1, 0.15) is 0 Å². The van der Waals surface area contributed by atoms with Crippen LogP contribution in [0, 0.1) is 0 Å². The van der Waals surface area contributed by atoms with Gasteiger partial charge in [0.2, 0.25) is 0 Å². The molecule has 1 atom stereocenters. The SMILES string of the molecule is CCN(CC)CCCNC[C@@H](C)O. The van der Waals surface area contributed by atoms with Crippen molar-refractivity contribution in [1.82, 2.24) is 10.2 Å². The summed E-state index contributed by atoms with van der Waals surface area (Å²) in [6.45, 7) is 11.3. The molecule has 0 aromatic carbocycles. The normalized spacial score (nSPS) is 13.6. The molecule has 0 aliphatic heterocycles. The van der Waals surface area contributed by atoms with Crippen LogP contribution in [-0.2, 0) is 0 Å². The minimum Gasteiger partial charge on any atom is -0.392 e. The summed E-state index contributed by atoms with van der Waals surface area (Å²) in [5.41, 5.74) is 0. The Morgan fingerprint density at radius 3 is 2.38 bits per heavy atom. The van der Waals surface area contributed by atoms with E-state index in [0.29, 0.717) is 6.54 Å². The topological polar surface area (TPSA) is 35.5 Å². The van der Waals surface area contributed by atoms with Crippen molar-refractivity contribution >= 4 is 0 Å². The largest absolute Gasteiger partial charge is 0.392 e. The lowest BCUT2D eigenvalue weighted by Crippen LogP contribution is -2.29. The fourth-order valence-corrected chi connectivity index (χ4v) is 1.28. The molecule has 0 aliphatic rings. The first-order valence-electron chi connectivity index (χ1n) is 5.31. The standard InChI is InChI=1S/C10H24N2O/c1-4-12(5-2)8-6-7-11-9-10(3)13/h10-11,13H,4-9H2,1-3H3/t10-/m1/s1. The fourth-order valence-electron chi connectivity index (χ4n) is 1.28. The number of nitrogens with zero attached hydrogens (tertiary/aromatic N) is 1. The summed E-state index contributed by atoms with van der Waals surface area (Å²) in [6, 6.07) is 0. The molecule has 0 aromatic rings. The van der Waals surface area contributed by atoms with Crippen molar-refractivity contribution in [2.75, 3.05) is 32.7 Å². The van der Waals surface area contributed by atoms with Crippen molar-refractivity contribution in [2.45, 2.75) is 33.3 Å². The van der Waals surface area contributed by atoms with Crippen LogP contribution in [0.4, 0.5) is 0 Å². The number of hydrogen-bond donors (Lipinski definition) is 2. The summed E-state index contributed by atoms with van der Waals surface area (Å²) >= 11 is 0. The molecular formula is C10H24N2O. The number of aliphatic hydroxyl groups is 1. The van der Waals surface area contributed by atoms with Crippen LogP contribution in [0.15, 0.2) is 0 Å². The Bertz CT molecular complexity index is 103. The zero-order chi connectivity index (χ0) is 10.1. The third-order valence-corrected chi connectivity index (χ3v) is 2.16. The third-order valence-electron chi connectivity index (χ3n) is 2.16. The van der Waals surface area contributed by atoms with E-state index in [0.717, 1.165) is 32.6 Å². The summed E-state index contributed by atoms with van der Waals surface area (Å²) in [5.74, 6) is 0. The molecule has 0 unspecified atom stereocenters. The molecule has 3 heteroatoms. The van der Waals surface area contributed by atoms with Crippen LogP contribution >= 0.6 is 0 Å². The van der Waals surface area contributed by atoms with Crippen LogP contribution in [0.3, 0.4) is 0 Å². The molecule has 0 aliphatic carbocycles. The van der Waals surface area contributed by atoms with E-state index in [9.17, 15) is 0 Å². The molecule has 3 nitrogen and oxygen atoms in total. The van der Waals surface area contributed by atoms with Crippen molar-refractivity contribution in [3.63, 3.8) is 0 Å². The summed E-state index contributed by atoms with van der Waals surface area (Å²) in [7, 11) is 0. The Balaban J connectivity index is 3.14. The highest BCUT2D eigenvalue weighted by Crippen LogP contribution is 1.89. The second-order valence-corrected chi connectivity index (χ2v) is 3.43. The van der Waals surface area contributed by atoms with Gasteiger partial charge < -0.3 is 15.3 Å². The number of aliphatic hydroxyl groups excluding tert-OH is 1. The monoisotopic (exact) mass is 188 g/mol. The predicted molar refractivity (Wildman–Crippen MR) is 57.0 cm³/mol. The second-order valence-electron chi connectivity index (χ2n) is 3.43. The smallest absolute Gasteiger partial charge is 0.0636 e. The molecule has 0 heterocycles. The predicted octanol–water partition coefficient (Wildman–Crippen LogP) is 0.689. The first kappa shape index (κ1) is 12.9. The van der Waals surface area contributed by atoms with Crippen LogP contribution in [0.2, 0.25) is 0 Å². The highest BCUT2D eigenvalue weighted by Gasteiger charge is 1.98. The highest BCUT2D eigenvalue weighted by molar-refractivity contribution is 4.56. The van der Waals surface area contributed by atoms with Gasteiger partial charge in [0, 0.05) is 6.54 Å². The van der Waals surface area contributed by atoms with Gasteiger partial charge in [0.05, 0.1) is 6.10 Å². The molecule has 0 amide bonds. The molecular weight excluding hydrogens is 164 g/mol. The van der Waals surface area contributed by atoms with E-state index in [1.54, 1.807) is 6.92 Å². The van der Waals surface area contributed by atoms with Crippen LogP contribution < -0.4 is 5.32 Å². The van der Waals surface area contributed by atoms with Gasteiger partial charge in [-0.1, -0.05) is 13.8 Å². The molecule has 0 saturated carbocycles. The summed E-state index contributed by atoms with van der Waals surface area (Å²) in [4.78, 5) is 2.41. The molecule has 80 valence electrons. The van der Waals surface area contributed by atoms with Gasteiger partial charge >= 0.3 is 0 Å². The maximum atomic E-state index is 8.98. The molecule has 0 radical (unpaired) electrons. The number of rotatable bonds is 8. The van der Waals surface area contributed by atoms with Gasteiger partial charge in [-0.15, -0.1) is 0 Å². The maximum absolute atomic E-state index is 8.98. The summed E-state index contributed by atoms with van der Waals surface area (Å²) in [5, 5.41) is 12.2. The van der Waals surface area contributed by atoms with E-state index in [4.69, 9.17) is 5.11 Å². The second kappa shape index (κ2) is 8.48. The lowest BCUT2D eigenvalue weighted by molar-refractivity contribution is 0.190. The van der Waals surface area contributed by atoms with Crippen molar-refractivity contribution in [3.05, 3.63) is 0 Å². The van der Waals surface area contributed by atoms with Gasteiger partial charge in [0.25, 0.3) is 0 Å². The molecule has 0 spiro atoms. The number of hydrogen-bond acceptors (Lipinski definition) is 3. The molecule has 0 rings (SSSR count). The van der Waals surface area contributed by atoms with Crippen molar-refractivity contribution in [3.8, 4) is 0 Å². The number of nitrogens with one attached hydrogen (secondary N) is 1. The molecule has 2 N–H and O–H groups in total. The van der Waals surface area contributed by atoms with E-state index in [2.05, 4.69) is 24.1 Å². The Hall–Kier alpha value is -0.120. The van der Waals surface area contributed by atoms with Gasteiger partial charge in [-0.05, 0) is 39.5 Å². The zero-order valence-electron chi connectivity index (χ0n) is 9.21. The quantitative estimate of drug-likeness (QED) is 0.550. The first-order valence-corrected chi connectivity index (χ1v) is 5.31. The lowest BCUT2D eigenvalue weighted by atomic mass is 10.3. The Labute approximate surface area is 82.1 Å². The van der Waals surface area contributed by atoms with E-state index in [-0.39, 0.29) is 6.10 Å². The third kappa shape index (κ3) is 8.22. The first-order chi connectivity index (χ1) is 6.20. The van der Waals surface area contributed by atoms with Gasteiger partial charge in [-0.25, -0.2) is 0 Å². The van der Waals surface area contributed by atoms with E-state index >= 15 is 0 Å². The van der Waals surface area contributed by atoms with Crippen molar-refractivity contribution in [1.29, 1.82) is 0 Å². The lowest BCUT2D eigenvalue weighted by Gasteiger charge is -2.17. The van der Waals surface area contributed by atoms with Gasteiger partial charge in [-0.2, -0.15) is 0 Å². The summed E-state index contributed by atoms with van der Waals surface area (Å²) in [6.07, 6.45) is 0.933. The zero-order valence-corrected chi connectivity index (χ0v) is 9.21. The fraction of sp³-hybridized carbons (Fsp3) is 1.00. The van der Waals surface area contributed by atoms with E-state index in [1.807, 2.05) is 0 Å². The molecule has 0 aromatic heterocycles. The Kier molecular flexibility index (Phi) is 8.40. The minimum atomic E-state index is -0.228. The van der Waals surface area contributed by atoms with Crippen molar-refractivity contribution < 1.29 is 5.11 Å². The van der Waals surface area contributed by atoms with Crippen molar-refractivity contribution in [2.24, 2.45) is 0 Å². The molecule has 13 heavy (non-hydrogen) atoms. The van der Waals surface area contributed by atoms with E-state index in [1.165, 1.54) is 0 Å². The van der Waals surface area contributed by atoms with Crippen LogP contribution in [0.25, 0.3) is 0 Å². The van der Waals surface area contributed by atoms with Crippen LogP contribution in [-0.4, -0.2) is 48.8 Å². The highest BCUT2D eigenvalue weighted by atomic mass is 16.3. The maximum Gasteiger partial charge on any atom is 0.0636 e. The summed E-state index contributed by atoms with van der Waals surface area (Å²) < 4.78 is 0. The van der Waals surface area contributed by atoms with Crippen LogP contribution in [0.5, 0.6) is 0 Å². The Morgan fingerprint density at radius 1 is 1.31 bits per heavy atom. The molecule has 0 saturated heterocycles. The van der Waals surface area contributed by atoms with Gasteiger partial charge in [0.15, 0.2) is 0 Å².